The average molecular weight is 482 g/mol. The smallest absolute Gasteiger partial charge is 0.413 e. The van der Waals surface area contributed by atoms with Crippen LogP contribution in [0.1, 0.15) is 36.1 Å². The third kappa shape index (κ3) is 2.97. The third-order valence-electron chi connectivity index (χ3n) is 8.28. The number of ether oxygens (including phenoxy) is 2. The van der Waals surface area contributed by atoms with Crippen molar-refractivity contribution in [1.29, 1.82) is 0 Å². The van der Waals surface area contributed by atoms with Crippen LogP contribution in [0.2, 0.25) is 0 Å². The van der Waals surface area contributed by atoms with E-state index in [9.17, 15) is 24.6 Å². The number of likely N-dealkylation sites (N-methyl/N-ethyl adjacent to an activating group) is 1. The number of carboxylic acid groups (broad SMARTS) is 1. The van der Waals surface area contributed by atoms with Gasteiger partial charge in [-0.15, -0.1) is 0 Å². The summed E-state index contributed by atoms with van der Waals surface area (Å²) in [6.45, 7) is 0.707. The summed E-state index contributed by atoms with van der Waals surface area (Å²) in [5, 5.41) is 23.9. The van der Waals surface area contributed by atoms with Crippen molar-refractivity contribution < 1.29 is 34.1 Å². The van der Waals surface area contributed by atoms with Gasteiger partial charge in [0, 0.05) is 36.3 Å². The third-order valence-corrected chi connectivity index (χ3v) is 8.28. The van der Waals surface area contributed by atoms with Gasteiger partial charge in [0.1, 0.15) is 6.04 Å². The number of aliphatic hydroxyl groups is 1. The molecule has 4 N–H and O–H groups in total. The van der Waals surface area contributed by atoms with Crippen LogP contribution in [0.4, 0.5) is 4.79 Å². The normalized spacial score (nSPS) is 31.3. The number of rotatable bonds is 5. The maximum absolute atomic E-state index is 13.0. The highest BCUT2D eigenvalue weighted by molar-refractivity contribution is 5.90. The molecule has 184 valence electrons. The molecule has 6 rings (SSSR count). The Hall–Kier alpha value is -3.44. The minimum absolute atomic E-state index is 0.000393. The molecule has 1 aromatic carbocycles. The zero-order valence-corrected chi connectivity index (χ0v) is 19.1. The number of nitrogens with one attached hydrogen (secondary N) is 2. The van der Waals surface area contributed by atoms with E-state index < -0.39 is 35.2 Å². The van der Waals surface area contributed by atoms with Gasteiger partial charge in [-0.2, -0.15) is 0 Å². The molecule has 0 radical (unpaired) electrons. The second-order valence-electron chi connectivity index (χ2n) is 9.94. The van der Waals surface area contributed by atoms with Crippen molar-refractivity contribution in [1.82, 2.24) is 20.2 Å². The van der Waals surface area contributed by atoms with Gasteiger partial charge in [-0.05, 0) is 44.5 Å². The molecule has 35 heavy (non-hydrogen) atoms. The number of H-pyrrole nitrogens is 1. The number of carboxylic acids is 1. The predicted octanol–water partition coefficient (Wildman–Crippen LogP) is 0.547. The van der Waals surface area contributed by atoms with Crippen molar-refractivity contribution in [3.05, 3.63) is 41.5 Å². The van der Waals surface area contributed by atoms with Gasteiger partial charge < -0.3 is 34.9 Å². The second kappa shape index (κ2) is 7.53. The standard InChI is InChI=1S/C24H26N4O7/c1-28-7-6-23-18-12-2-3-16(34-22(32)27-14(21(30)31)9-13-10-25-11-26-13)19(18)35-20(23)15(29)4-5-24(23,33)17(28)8-12/h2-3,10-11,14,17,20,33H,4-9H2,1H3,(H,25,26)(H,27,32)(H,30,31)/t14-,17+,20-,23?,24+/m0/s1. The van der Waals surface area contributed by atoms with Crippen LogP contribution >= 0.6 is 0 Å². The second-order valence-corrected chi connectivity index (χ2v) is 9.94. The predicted molar refractivity (Wildman–Crippen MR) is 119 cm³/mol. The van der Waals surface area contributed by atoms with Gasteiger partial charge in [0.2, 0.25) is 0 Å². The Morgan fingerprint density at radius 3 is 2.97 bits per heavy atom. The quantitative estimate of drug-likeness (QED) is 0.478. The number of carbonyl (C=O) groups excluding carboxylic acids is 2. The van der Waals surface area contributed by atoms with Gasteiger partial charge >= 0.3 is 12.1 Å². The Labute approximate surface area is 200 Å². The van der Waals surface area contributed by atoms with E-state index in [2.05, 4.69) is 20.2 Å². The number of Topliss-reactive ketones (excluding diaryl/α,β-unsaturated/α-hetero) is 1. The number of likely N-dealkylation sites (tertiary alicyclic amines) is 1. The van der Waals surface area contributed by atoms with Gasteiger partial charge in [0.05, 0.1) is 17.3 Å². The largest absolute Gasteiger partial charge is 0.480 e. The number of carbonyl (C=O) groups is 3. The first kappa shape index (κ1) is 22.1. The lowest BCUT2D eigenvalue weighted by Gasteiger charge is -2.61. The number of hydrogen-bond donors (Lipinski definition) is 4. The van der Waals surface area contributed by atoms with Crippen molar-refractivity contribution >= 4 is 17.8 Å². The average Bonchev–Trinajstić information content (AvgIpc) is 3.45. The Bertz CT molecular complexity index is 1230. The summed E-state index contributed by atoms with van der Waals surface area (Å²) in [7, 11) is 1.99. The maximum Gasteiger partial charge on any atom is 0.413 e. The van der Waals surface area contributed by atoms with Crippen molar-refractivity contribution in [3.8, 4) is 11.5 Å². The number of hydrogen-bond acceptors (Lipinski definition) is 8. The molecular weight excluding hydrogens is 456 g/mol. The van der Waals surface area contributed by atoms with Crippen molar-refractivity contribution in [3.63, 3.8) is 0 Å². The molecular formula is C24H26N4O7. The Morgan fingerprint density at radius 1 is 1.40 bits per heavy atom. The van der Waals surface area contributed by atoms with E-state index in [4.69, 9.17) is 9.47 Å². The minimum Gasteiger partial charge on any atom is -0.480 e. The number of aromatic amines is 1. The number of nitrogens with zero attached hydrogens (tertiary/aromatic N) is 2. The first-order valence-electron chi connectivity index (χ1n) is 11.7. The van der Waals surface area contributed by atoms with Crippen LogP contribution < -0.4 is 14.8 Å². The highest BCUT2D eigenvalue weighted by Crippen LogP contribution is 2.64. The maximum atomic E-state index is 13.0. The molecule has 11 heteroatoms. The first-order valence-corrected chi connectivity index (χ1v) is 11.7. The summed E-state index contributed by atoms with van der Waals surface area (Å²) >= 11 is 0. The first-order chi connectivity index (χ1) is 16.7. The number of ketones is 1. The lowest BCUT2D eigenvalue weighted by molar-refractivity contribution is -0.185. The van der Waals surface area contributed by atoms with Gasteiger partial charge in [-0.1, -0.05) is 6.07 Å². The van der Waals surface area contributed by atoms with E-state index in [0.717, 1.165) is 11.1 Å². The van der Waals surface area contributed by atoms with Crippen LogP contribution in [0.15, 0.2) is 24.7 Å². The van der Waals surface area contributed by atoms with Crippen LogP contribution in [0.5, 0.6) is 11.5 Å². The molecule has 1 saturated heterocycles. The lowest BCUT2D eigenvalue weighted by atomic mass is 9.49. The minimum atomic E-state index is -1.24. The lowest BCUT2D eigenvalue weighted by Crippen LogP contribution is -2.76. The number of benzene rings is 1. The van der Waals surface area contributed by atoms with Crippen molar-refractivity contribution in [2.45, 2.75) is 61.3 Å². The summed E-state index contributed by atoms with van der Waals surface area (Å²) in [5.74, 6) is -0.897. The number of piperidine rings is 1. The highest BCUT2D eigenvalue weighted by Gasteiger charge is 2.72. The van der Waals surface area contributed by atoms with E-state index in [-0.39, 0.29) is 30.4 Å². The zero-order chi connectivity index (χ0) is 24.5. The molecule has 1 unspecified atom stereocenters. The van der Waals surface area contributed by atoms with Gasteiger partial charge in [-0.3, -0.25) is 4.79 Å². The molecule has 1 amide bonds. The molecule has 4 aliphatic rings. The fraction of sp³-hybridized carbons (Fsp3) is 0.500. The van der Waals surface area contributed by atoms with E-state index in [1.165, 1.54) is 12.5 Å². The molecule has 3 heterocycles. The molecule has 1 saturated carbocycles. The highest BCUT2D eigenvalue weighted by atomic mass is 16.6. The fourth-order valence-corrected chi connectivity index (χ4v) is 6.69. The summed E-state index contributed by atoms with van der Waals surface area (Å²) < 4.78 is 11.7. The molecule has 5 atom stereocenters. The van der Waals surface area contributed by atoms with Crippen molar-refractivity contribution in [2.75, 3.05) is 13.6 Å². The summed E-state index contributed by atoms with van der Waals surface area (Å²) in [4.78, 5) is 46.2. The van der Waals surface area contributed by atoms with E-state index >= 15 is 0 Å². The molecule has 11 nitrogen and oxygen atoms in total. The topological polar surface area (TPSA) is 154 Å². The van der Waals surface area contributed by atoms with E-state index in [1.807, 2.05) is 13.1 Å². The Morgan fingerprint density at radius 2 is 2.23 bits per heavy atom. The number of amides is 1. The summed E-state index contributed by atoms with van der Waals surface area (Å²) in [5.41, 5.74) is 0.249. The molecule has 2 fully saturated rings. The molecule has 2 bridgehead atoms. The van der Waals surface area contributed by atoms with Crippen LogP contribution in [-0.4, -0.2) is 80.3 Å². The fourth-order valence-electron chi connectivity index (χ4n) is 6.69. The number of aromatic nitrogens is 2. The summed E-state index contributed by atoms with van der Waals surface area (Å²) in [6.07, 6.45) is 2.84. The Balaban J connectivity index is 1.33. The molecule has 1 aromatic heterocycles. The zero-order valence-electron chi connectivity index (χ0n) is 19.1. The van der Waals surface area contributed by atoms with Gasteiger partial charge in [-0.25, -0.2) is 14.6 Å². The van der Waals surface area contributed by atoms with Crippen LogP contribution in [0.25, 0.3) is 0 Å². The molecule has 2 aliphatic heterocycles. The Kier molecular flexibility index (Phi) is 4.74. The monoisotopic (exact) mass is 482 g/mol. The summed E-state index contributed by atoms with van der Waals surface area (Å²) in [6, 6.07) is 2.08. The van der Waals surface area contributed by atoms with Gasteiger partial charge in [0.15, 0.2) is 23.4 Å². The van der Waals surface area contributed by atoms with Gasteiger partial charge in [0.25, 0.3) is 0 Å². The number of aliphatic carboxylic acids is 1. The van der Waals surface area contributed by atoms with Crippen LogP contribution in [-0.2, 0) is 27.8 Å². The molecule has 2 aromatic rings. The molecule has 1 spiro atoms. The van der Waals surface area contributed by atoms with Crippen LogP contribution in [0, 0.1) is 0 Å². The van der Waals surface area contributed by atoms with E-state index in [1.54, 1.807) is 6.07 Å². The van der Waals surface area contributed by atoms with Crippen LogP contribution in [0.3, 0.4) is 0 Å². The number of imidazole rings is 1. The molecule has 2 aliphatic carbocycles. The van der Waals surface area contributed by atoms with Crippen molar-refractivity contribution in [2.24, 2.45) is 0 Å². The SMILES string of the molecule is CN1CCC23c4c5ccc(OC(=O)N[C@@H](Cc6cnc[nH]6)C(=O)O)c4O[C@H]2C(=O)CC[C@@]3(O)[C@H]1C5. The van der Waals surface area contributed by atoms with E-state index in [0.29, 0.717) is 37.3 Å².